The summed E-state index contributed by atoms with van der Waals surface area (Å²) in [5.41, 5.74) is 2.95. The van der Waals surface area contributed by atoms with Crippen LogP contribution in [-0.2, 0) is 9.59 Å². The van der Waals surface area contributed by atoms with Crippen molar-refractivity contribution in [2.24, 2.45) is 5.92 Å². The average molecular weight is 262 g/mol. The van der Waals surface area contributed by atoms with Gasteiger partial charge in [-0.25, -0.2) is 0 Å². The molecule has 0 aromatic heterocycles. The molecule has 0 saturated carbocycles. The van der Waals surface area contributed by atoms with Crippen LogP contribution >= 0.6 is 0 Å². The van der Waals surface area contributed by atoms with Crippen LogP contribution in [0.1, 0.15) is 31.4 Å². The van der Waals surface area contributed by atoms with Crippen molar-refractivity contribution in [1.82, 2.24) is 5.32 Å². The molecule has 0 aliphatic rings. The van der Waals surface area contributed by atoms with E-state index in [1.807, 2.05) is 45.9 Å². The van der Waals surface area contributed by atoms with Gasteiger partial charge in [0.2, 0.25) is 11.8 Å². The fraction of sp³-hybridized carbons (Fsp3) is 0.467. The topological polar surface area (TPSA) is 58.2 Å². The van der Waals surface area contributed by atoms with Crippen LogP contribution in [0.15, 0.2) is 18.2 Å². The lowest BCUT2D eigenvalue weighted by Crippen LogP contribution is -2.30. The van der Waals surface area contributed by atoms with Gasteiger partial charge in [-0.2, -0.15) is 0 Å². The van der Waals surface area contributed by atoms with Crippen LogP contribution in [0, 0.1) is 19.8 Å². The normalized spacial score (nSPS) is 10.4. The monoisotopic (exact) mass is 262 g/mol. The fourth-order valence-corrected chi connectivity index (χ4v) is 1.72. The second-order valence-electron chi connectivity index (χ2n) is 5.01. The van der Waals surface area contributed by atoms with Crippen molar-refractivity contribution in [3.8, 4) is 0 Å². The summed E-state index contributed by atoms with van der Waals surface area (Å²) in [4.78, 5) is 23.2. The SMILES string of the molecule is Cc1cccc(C)c1NC(=O)CCNC(=O)C(C)C. The molecule has 0 bridgehead atoms. The van der Waals surface area contributed by atoms with Gasteiger partial charge in [0.25, 0.3) is 0 Å². The molecule has 0 spiro atoms. The molecule has 4 heteroatoms. The molecule has 0 aliphatic heterocycles. The number of para-hydroxylation sites is 1. The van der Waals surface area contributed by atoms with Gasteiger partial charge in [0.15, 0.2) is 0 Å². The maximum absolute atomic E-state index is 11.8. The Hall–Kier alpha value is -1.84. The van der Waals surface area contributed by atoms with E-state index in [1.165, 1.54) is 0 Å². The van der Waals surface area contributed by atoms with Gasteiger partial charge >= 0.3 is 0 Å². The van der Waals surface area contributed by atoms with Gasteiger partial charge in [-0.15, -0.1) is 0 Å². The summed E-state index contributed by atoms with van der Waals surface area (Å²) in [6.45, 7) is 7.94. The van der Waals surface area contributed by atoms with E-state index >= 15 is 0 Å². The quantitative estimate of drug-likeness (QED) is 0.856. The predicted molar refractivity (Wildman–Crippen MR) is 77.0 cm³/mol. The van der Waals surface area contributed by atoms with Crippen LogP contribution in [0.5, 0.6) is 0 Å². The largest absolute Gasteiger partial charge is 0.355 e. The van der Waals surface area contributed by atoms with E-state index in [1.54, 1.807) is 0 Å². The Bertz CT molecular complexity index is 447. The van der Waals surface area contributed by atoms with Crippen LogP contribution in [0.4, 0.5) is 5.69 Å². The number of anilines is 1. The molecule has 1 rings (SSSR count). The summed E-state index contributed by atoms with van der Waals surface area (Å²) >= 11 is 0. The summed E-state index contributed by atoms with van der Waals surface area (Å²) in [5.74, 6) is -0.164. The highest BCUT2D eigenvalue weighted by Gasteiger charge is 2.09. The lowest BCUT2D eigenvalue weighted by Gasteiger charge is -2.12. The molecule has 2 amide bonds. The number of carbonyl (C=O) groups is 2. The number of carbonyl (C=O) groups excluding carboxylic acids is 2. The lowest BCUT2D eigenvalue weighted by atomic mass is 10.1. The van der Waals surface area contributed by atoms with E-state index in [4.69, 9.17) is 0 Å². The van der Waals surface area contributed by atoms with Gasteiger partial charge in [0.1, 0.15) is 0 Å². The first-order chi connectivity index (χ1) is 8.91. The Labute approximate surface area is 114 Å². The fourth-order valence-electron chi connectivity index (χ4n) is 1.72. The molecule has 0 radical (unpaired) electrons. The number of benzene rings is 1. The highest BCUT2D eigenvalue weighted by atomic mass is 16.2. The Morgan fingerprint density at radius 1 is 1.16 bits per heavy atom. The number of aryl methyl sites for hydroxylation is 2. The molecule has 4 nitrogen and oxygen atoms in total. The van der Waals surface area contributed by atoms with Gasteiger partial charge in [0, 0.05) is 24.6 Å². The minimum atomic E-state index is -0.0820. The molecular formula is C15H22N2O2. The Balaban J connectivity index is 2.46. The molecule has 104 valence electrons. The molecule has 1 aromatic rings. The maximum atomic E-state index is 11.8. The van der Waals surface area contributed by atoms with Crippen LogP contribution in [0.25, 0.3) is 0 Å². The van der Waals surface area contributed by atoms with Crippen LogP contribution in [0.3, 0.4) is 0 Å². The number of hydrogen-bond donors (Lipinski definition) is 2. The van der Waals surface area contributed by atoms with Gasteiger partial charge < -0.3 is 10.6 Å². The van der Waals surface area contributed by atoms with Gasteiger partial charge in [-0.3, -0.25) is 9.59 Å². The van der Waals surface area contributed by atoms with Gasteiger partial charge in [-0.1, -0.05) is 32.0 Å². The first-order valence-corrected chi connectivity index (χ1v) is 6.55. The standard InChI is InChI=1S/C15H22N2O2/c1-10(2)15(19)16-9-8-13(18)17-14-11(3)6-5-7-12(14)4/h5-7,10H,8-9H2,1-4H3,(H,16,19)(H,17,18). The van der Waals surface area contributed by atoms with Crippen molar-refractivity contribution < 1.29 is 9.59 Å². The predicted octanol–water partition coefficient (Wildman–Crippen LogP) is 2.40. The van der Waals surface area contributed by atoms with Crippen molar-refractivity contribution in [2.45, 2.75) is 34.1 Å². The molecule has 0 atom stereocenters. The zero-order valence-corrected chi connectivity index (χ0v) is 12.0. The summed E-state index contributed by atoms with van der Waals surface area (Å²) in [6, 6.07) is 5.88. The Kier molecular flexibility index (Phi) is 5.55. The number of hydrogen-bond acceptors (Lipinski definition) is 2. The van der Waals surface area contributed by atoms with Crippen molar-refractivity contribution in [2.75, 3.05) is 11.9 Å². The minimum absolute atomic E-state index is 0.0279. The molecule has 0 fully saturated rings. The number of rotatable bonds is 5. The molecule has 0 unspecified atom stereocenters. The number of amides is 2. The van der Waals surface area contributed by atoms with Crippen molar-refractivity contribution in [1.29, 1.82) is 0 Å². The summed E-state index contributed by atoms with van der Waals surface area (Å²) in [7, 11) is 0. The minimum Gasteiger partial charge on any atom is -0.355 e. The second-order valence-corrected chi connectivity index (χ2v) is 5.01. The third-order valence-corrected chi connectivity index (χ3v) is 2.92. The van der Waals surface area contributed by atoms with E-state index in [0.717, 1.165) is 16.8 Å². The Morgan fingerprint density at radius 3 is 2.26 bits per heavy atom. The maximum Gasteiger partial charge on any atom is 0.226 e. The first kappa shape index (κ1) is 15.2. The van der Waals surface area contributed by atoms with E-state index in [9.17, 15) is 9.59 Å². The summed E-state index contributed by atoms with van der Waals surface area (Å²) in [6.07, 6.45) is 0.284. The van der Waals surface area contributed by atoms with Crippen molar-refractivity contribution >= 4 is 17.5 Å². The van der Waals surface area contributed by atoms with E-state index in [-0.39, 0.29) is 24.2 Å². The molecule has 0 aliphatic carbocycles. The molecule has 0 heterocycles. The second kappa shape index (κ2) is 6.92. The molecular weight excluding hydrogens is 240 g/mol. The van der Waals surface area contributed by atoms with Crippen LogP contribution in [-0.4, -0.2) is 18.4 Å². The summed E-state index contributed by atoms with van der Waals surface area (Å²) in [5, 5.41) is 5.62. The third kappa shape index (κ3) is 4.73. The highest BCUT2D eigenvalue weighted by molar-refractivity contribution is 5.92. The molecule has 1 aromatic carbocycles. The highest BCUT2D eigenvalue weighted by Crippen LogP contribution is 2.19. The molecule has 0 saturated heterocycles. The molecule has 2 N–H and O–H groups in total. The zero-order chi connectivity index (χ0) is 14.4. The zero-order valence-electron chi connectivity index (χ0n) is 12.0. The Morgan fingerprint density at radius 2 is 1.74 bits per heavy atom. The van der Waals surface area contributed by atoms with Crippen molar-refractivity contribution in [3.63, 3.8) is 0 Å². The first-order valence-electron chi connectivity index (χ1n) is 6.55. The average Bonchev–Trinajstić information content (AvgIpc) is 2.33. The molecule has 19 heavy (non-hydrogen) atoms. The van der Waals surface area contributed by atoms with Gasteiger partial charge in [-0.05, 0) is 25.0 Å². The van der Waals surface area contributed by atoms with Gasteiger partial charge in [0.05, 0.1) is 0 Å². The van der Waals surface area contributed by atoms with Crippen LogP contribution in [0.2, 0.25) is 0 Å². The van der Waals surface area contributed by atoms with Crippen LogP contribution < -0.4 is 10.6 Å². The van der Waals surface area contributed by atoms with E-state index in [0.29, 0.717) is 6.54 Å². The van der Waals surface area contributed by atoms with E-state index < -0.39 is 0 Å². The smallest absolute Gasteiger partial charge is 0.226 e. The van der Waals surface area contributed by atoms with E-state index in [2.05, 4.69) is 10.6 Å². The third-order valence-electron chi connectivity index (χ3n) is 2.92. The number of nitrogens with one attached hydrogen (secondary N) is 2. The van der Waals surface area contributed by atoms with Crippen molar-refractivity contribution in [3.05, 3.63) is 29.3 Å². The lowest BCUT2D eigenvalue weighted by molar-refractivity contribution is -0.124. The summed E-state index contributed by atoms with van der Waals surface area (Å²) < 4.78 is 0.